The van der Waals surface area contributed by atoms with Gasteiger partial charge < -0.3 is 14.1 Å². The fraction of sp³-hybridized carbons (Fsp3) is 0.647. The van der Waals surface area contributed by atoms with Crippen molar-refractivity contribution in [1.29, 1.82) is 0 Å². The molecule has 12 nitrogen and oxygen atoms in total. The predicted molar refractivity (Wildman–Crippen MR) is 106 cm³/mol. The molecule has 0 aromatic rings. The number of imide groups is 1. The molecule has 0 saturated heterocycles. The van der Waals surface area contributed by atoms with Crippen LogP contribution >= 0.6 is 7.29 Å². The molecule has 2 amide bonds. The highest BCUT2D eigenvalue weighted by molar-refractivity contribution is 7.61. The van der Waals surface area contributed by atoms with E-state index < -0.39 is 25.1 Å². The van der Waals surface area contributed by atoms with Crippen LogP contribution in [-0.2, 0) is 33.3 Å². The van der Waals surface area contributed by atoms with Crippen molar-refractivity contribution in [2.75, 3.05) is 45.7 Å². The molecule has 166 valence electrons. The van der Waals surface area contributed by atoms with Crippen molar-refractivity contribution >= 4 is 30.9 Å². The number of hydrogen-bond donors (Lipinski definition) is 0. The van der Waals surface area contributed by atoms with Crippen molar-refractivity contribution in [3.05, 3.63) is 22.6 Å². The quantitative estimate of drug-likeness (QED) is 0.0922. The molecular weight excluding hydrogens is 417 g/mol. The van der Waals surface area contributed by atoms with Gasteiger partial charge >= 0.3 is 5.97 Å². The third kappa shape index (κ3) is 8.46. The predicted octanol–water partition coefficient (Wildman–Crippen LogP) is 1.67. The Morgan fingerprint density at radius 2 is 1.87 bits per heavy atom. The van der Waals surface area contributed by atoms with Gasteiger partial charge in [0.25, 0.3) is 11.8 Å². The number of rotatable bonds is 15. The SMILES string of the molecule is CCC(=O)CCP(=O)(CCOCCN=[N+]=[N-])N(C)CCC(=O)ON1C(=O)C=CC1=O. The summed E-state index contributed by atoms with van der Waals surface area (Å²) < 4.78 is 20.2. The fourth-order valence-corrected chi connectivity index (χ4v) is 4.83. The number of ether oxygens (including phenoxy) is 1. The summed E-state index contributed by atoms with van der Waals surface area (Å²) in [6, 6.07) is 0. The van der Waals surface area contributed by atoms with Crippen molar-refractivity contribution in [1.82, 2.24) is 9.73 Å². The maximum atomic E-state index is 13.4. The molecule has 1 atom stereocenters. The van der Waals surface area contributed by atoms with Gasteiger partial charge in [-0.15, -0.1) is 0 Å². The van der Waals surface area contributed by atoms with Crippen LogP contribution < -0.4 is 0 Å². The Hall–Kier alpha value is -2.52. The number of amides is 2. The number of carbonyl (C=O) groups excluding carboxylic acids is 4. The van der Waals surface area contributed by atoms with E-state index in [4.69, 9.17) is 15.1 Å². The standard InChI is InChI=1S/C17H26N5O7P/c1-3-14(23)7-12-30(27,13-11-28-10-8-19-20-18)21(2)9-6-17(26)29-22-15(24)4-5-16(22)25/h4-5H,3,6-13H2,1-2H3. The normalized spacial score (nSPS) is 15.2. The Bertz CT molecular complexity index is 760. The van der Waals surface area contributed by atoms with Crippen LogP contribution in [-0.4, -0.2) is 79.0 Å². The van der Waals surface area contributed by atoms with Gasteiger partial charge in [0.15, 0.2) is 7.29 Å². The van der Waals surface area contributed by atoms with Gasteiger partial charge in [0, 0.05) is 55.3 Å². The molecule has 0 radical (unpaired) electrons. The average Bonchev–Trinajstić information content (AvgIpc) is 3.04. The third-order valence-corrected chi connectivity index (χ3v) is 7.59. The van der Waals surface area contributed by atoms with Gasteiger partial charge in [0.2, 0.25) is 0 Å². The van der Waals surface area contributed by atoms with E-state index >= 15 is 0 Å². The van der Waals surface area contributed by atoms with Crippen molar-refractivity contribution in [3.63, 3.8) is 0 Å². The number of hydrogen-bond acceptors (Lipinski definition) is 8. The van der Waals surface area contributed by atoms with E-state index in [0.29, 0.717) is 11.5 Å². The van der Waals surface area contributed by atoms with Gasteiger partial charge in [0.05, 0.1) is 19.6 Å². The molecule has 0 aliphatic carbocycles. The second-order valence-electron chi connectivity index (χ2n) is 6.40. The van der Waals surface area contributed by atoms with Gasteiger partial charge in [-0.05, 0) is 12.6 Å². The lowest BCUT2D eigenvalue weighted by Crippen LogP contribution is -2.34. The van der Waals surface area contributed by atoms with E-state index in [9.17, 15) is 23.7 Å². The summed E-state index contributed by atoms with van der Waals surface area (Å²) in [4.78, 5) is 53.8. The van der Waals surface area contributed by atoms with E-state index in [2.05, 4.69) is 10.0 Å². The Morgan fingerprint density at radius 1 is 1.20 bits per heavy atom. The molecule has 13 heteroatoms. The van der Waals surface area contributed by atoms with Crippen molar-refractivity contribution < 1.29 is 33.3 Å². The average molecular weight is 443 g/mol. The van der Waals surface area contributed by atoms with Crippen LogP contribution in [0.2, 0.25) is 0 Å². The fourth-order valence-electron chi connectivity index (χ4n) is 2.45. The van der Waals surface area contributed by atoms with Crippen LogP contribution in [0.25, 0.3) is 10.4 Å². The first-order chi connectivity index (χ1) is 14.2. The third-order valence-electron chi connectivity index (χ3n) is 4.34. The maximum absolute atomic E-state index is 13.4. The molecular formula is C17H26N5O7P. The summed E-state index contributed by atoms with van der Waals surface area (Å²) in [6.45, 7) is 2.23. The summed E-state index contributed by atoms with van der Waals surface area (Å²) in [5.74, 6) is -2.34. The smallest absolute Gasteiger partial charge is 0.334 e. The van der Waals surface area contributed by atoms with E-state index in [1.807, 2.05) is 0 Å². The highest BCUT2D eigenvalue weighted by Crippen LogP contribution is 2.49. The van der Waals surface area contributed by atoms with Crippen molar-refractivity contribution in [2.45, 2.75) is 26.2 Å². The van der Waals surface area contributed by atoms with E-state index in [0.717, 1.165) is 12.2 Å². The highest BCUT2D eigenvalue weighted by atomic mass is 31.2. The summed E-state index contributed by atoms with van der Waals surface area (Å²) in [5.41, 5.74) is 8.23. The number of azide groups is 1. The zero-order valence-corrected chi connectivity index (χ0v) is 18.0. The Kier molecular flexibility index (Phi) is 11.0. The summed E-state index contributed by atoms with van der Waals surface area (Å²) >= 11 is 0. The molecule has 0 aromatic carbocycles. The molecule has 30 heavy (non-hydrogen) atoms. The largest absolute Gasteiger partial charge is 0.381 e. The molecule has 0 N–H and O–H groups in total. The number of nitrogens with zero attached hydrogens (tertiary/aromatic N) is 5. The molecule has 1 aliphatic heterocycles. The van der Waals surface area contributed by atoms with E-state index in [1.54, 1.807) is 14.0 Å². The lowest BCUT2D eigenvalue weighted by Gasteiger charge is -2.28. The van der Waals surface area contributed by atoms with Gasteiger partial charge in [-0.25, -0.2) is 4.79 Å². The molecule has 1 unspecified atom stereocenters. The van der Waals surface area contributed by atoms with Gasteiger partial charge in [-0.2, -0.15) is 0 Å². The van der Waals surface area contributed by atoms with Crippen LogP contribution in [0.1, 0.15) is 26.2 Å². The maximum Gasteiger partial charge on any atom is 0.334 e. The van der Waals surface area contributed by atoms with Gasteiger partial charge in [-0.3, -0.25) is 19.1 Å². The topological polar surface area (TPSA) is 159 Å². The molecule has 1 aliphatic rings. The number of Topliss-reactive ketones (excluding diaryl/α,β-unsaturated/α-hetero) is 1. The Morgan fingerprint density at radius 3 is 2.47 bits per heavy atom. The van der Waals surface area contributed by atoms with Gasteiger partial charge in [0.1, 0.15) is 5.78 Å². The zero-order valence-electron chi connectivity index (χ0n) is 17.1. The highest BCUT2D eigenvalue weighted by Gasteiger charge is 2.30. The minimum Gasteiger partial charge on any atom is -0.381 e. The monoisotopic (exact) mass is 443 g/mol. The first-order valence-corrected chi connectivity index (χ1v) is 11.4. The molecule has 0 bridgehead atoms. The Labute approximate surface area is 174 Å². The summed E-state index contributed by atoms with van der Waals surface area (Å²) in [5, 5.41) is 3.70. The number of hydroxylamine groups is 2. The summed E-state index contributed by atoms with van der Waals surface area (Å²) in [6.07, 6.45) is 2.54. The van der Waals surface area contributed by atoms with Crippen LogP contribution in [0.15, 0.2) is 17.3 Å². The minimum atomic E-state index is -3.03. The second-order valence-corrected chi connectivity index (χ2v) is 9.67. The first kappa shape index (κ1) is 25.5. The zero-order chi connectivity index (χ0) is 22.6. The molecule has 0 fully saturated rings. The minimum absolute atomic E-state index is 0.0223. The second kappa shape index (κ2) is 12.9. The Balaban J connectivity index is 2.60. The van der Waals surface area contributed by atoms with Crippen LogP contribution in [0.4, 0.5) is 0 Å². The molecule has 1 rings (SSSR count). The van der Waals surface area contributed by atoms with Crippen molar-refractivity contribution in [3.8, 4) is 0 Å². The molecule has 1 heterocycles. The first-order valence-electron chi connectivity index (χ1n) is 9.40. The van der Waals surface area contributed by atoms with E-state index in [-0.39, 0.29) is 57.3 Å². The van der Waals surface area contributed by atoms with Crippen LogP contribution in [0.5, 0.6) is 0 Å². The summed E-state index contributed by atoms with van der Waals surface area (Å²) in [7, 11) is -1.47. The van der Waals surface area contributed by atoms with Crippen LogP contribution in [0.3, 0.4) is 0 Å². The number of carbonyl (C=O) groups is 4. The lowest BCUT2D eigenvalue weighted by atomic mass is 10.2. The molecule has 0 saturated carbocycles. The molecule has 0 aromatic heterocycles. The lowest BCUT2D eigenvalue weighted by molar-refractivity contribution is -0.196. The van der Waals surface area contributed by atoms with Gasteiger partial charge in [-0.1, -0.05) is 17.1 Å². The van der Waals surface area contributed by atoms with Crippen molar-refractivity contribution in [2.24, 2.45) is 5.11 Å². The molecule has 0 spiro atoms. The van der Waals surface area contributed by atoms with Crippen LogP contribution in [0, 0.1) is 0 Å². The number of ketones is 1. The van der Waals surface area contributed by atoms with E-state index in [1.165, 1.54) is 4.67 Å².